The number of nitrogens with zero attached hydrogens (tertiary/aromatic N) is 2. The molecule has 1 aromatic heterocycles. The molecule has 4 nitrogen and oxygen atoms in total. The Morgan fingerprint density at radius 3 is 2.76 bits per heavy atom. The molecule has 0 spiro atoms. The molecule has 1 heterocycles. The number of aromatic nitrogens is 1. The maximum Gasteiger partial charge on any atom is 0.255 e. The lowest BCUT2D eigenvalue weighted by atomic mass is 9.91. The van der Waals surface area contributed by atoms with E-state index in [9.17, 15) is 4.79 Å². The lowest BCUT2D eigenvalue weighted by Crippen LogP contribution is -2.45. The zero-order valence-electron chi connectivity index (χ0n) is 9.47. The molecule has 1 saturated carbocycles. The predicted octanol–water partition coefficient (Wildman–Crippen LogP) is 1.83. The molecular weight excluding hydrogens is 284 g/mol. The first-order chi connectivity index (χ1) is 8.22. The highest BCUT2D eigenvalue weighted by Crippen LogP contribution is 2.26. The Labute approximate surface area is 109 Å². The molecule has 1 fully saturated rings. The fraction of sp³-hybridized carbons (Fsp3) is 0.500. The molecule has 2 rings (SSSR count). The number of aliphatic hydroxyl groups is 1. The second kappa shape index (κ2) is 5.60. The number of rotatable bonds is 4. The van der Waals surface area contributed by atoms with Crippen LogP contribution >= 0.6 is 15.9 Å². The Morgan fingerprint density at radius 2 is 2.29 bits per heavy atom. The molecular formula is C12H15BrN2O2. The Kier molecular flexibility index (Phi) is 4.12. The predicted molar refractivity (Wildman–Crippen MR) is 67.7 cm³/mol. The van der Waals surface area contributed by atoms with Crippen LogP contribution in [-0.4, -0.2) is 40.1 Å². The molecule has 1 aliphatic rings. The number of hydrogen-bond donors (Lipinski definition) is 1. The van der Waals surface area contributed by atoms with Gasteiger partial charge in [0.05, 0.1) is 12.2 Å². The molecule has 0 bridgehead atoms. The smallest absolute Gasteiger partial charge is 0.255 e. The van der Waals surface area contributed by atoms with E-state index in [0.29, 0.717) is 22.8 Å². The van der Waals surface area contributed by atoms with Crippen LogP contribution < -0.4 is 0 Å². The van der Waals surface area contributed by atoms with E-state index in [1.807, 2.05) is 0 Å². The number of hydrogen-bond acceptors (Lipinski definition) is 3. The summed E-state index contributed by atoms with van der Waals surface area (Å²) in [6, 6.07) is 3.80. The summed E-state index contributed by atoms with van der Waals surface area (Å²) in [4.78, 5) is 18.1. The van der Waals surface area contributed by atoms with Crippen LogP contribution in [0.15, 0.2) is 22.9 Å². The van der Waals surface area contributed by atoms with Crippen LogP contribution in [0.3, 0.4) is 0 Å². The van der Waals surface area contributed by atoms with Crippen molar-refractivity contribution in [3.63, 3.8) is 0 Å². The second-order valence-corrected chi connectivity index (χ2v) is 4.99. The fourth-order valence-electron chi connectivity index (χ4n) is 1.92. The summed E-state index contributed by atoms with van der Waals surface area (Å²) in [5, 5.41) is 9.03. The van der Waals surface area contributed by atoms with E-state index in [1.54, 1.807) is 23.2 Å². The van der Waals surface area contributed by atoms with Gasteiger partial charge in [0, 0.05) is 18.8 Å². The lowest BCUT2D eigenvalue weighted by Gasteiger charge is -2.37. The number of carbonyl (C=O) groups is 1. The van der Waals surface area contributed by atoms with Crippen molar-refractivity contribution in [3.05, 3.63) is 28.5 Å². The standard InChI is InChI=1S/C12H15BrN2O2/c13-11-5-4-9(8-14-11)12(17)15(6-7-16)10-2-1-3-10/h4-5,8,10,16H,1-3,6-7H2. The van der Waals surface area contributed by atoms with Crippen molar-refractivity contribution in [2.75, 3.05) is 13.2 Å². The summed E-state index contributed by atoms with van der Waals surface area (Å²) in [7, 11) is 0. The van der Waals surface area contributed by atoms with E-state index < -0.39 is 0 Å². The average molecular weight is 299 g/mol. The molecule has 0 saturated heterocycles. The summed E-state index contributed by atoms with van der Waals surface area (Å²) >= 11 is 3.24. The molecule has 92 valence electrons. The van der Waals surface area contributed by atoms with Gasteiger partial charge in [-0.25, -0.2) is 4.98 Å². The molecule has 17 heavy (non-hydrogen) atoms. The second-order valence-electron chi connectivity index (χ2n) is 4.18. The highest BCUT2D eigenvalue weighted by Gasteiger charge is 2.28. The van der Waals surface area contributed by atoms with E-state index in [2.05, 4.69) is 20.9 Å². The highest BCUT2D eigenvalue weighted by atomic mass is 79.9. The van der Waals surface area contributed by atoms with Gasteiger partial charge in [0.25, 0.3) is 5.91 Å². The van der Waals surface area contributed by atoms with E-state index in [1.165, 1.54) is 6.42 Å². The summed E-state index contributed by atoms with van der Waals surface area (Å²) < 4.78 is 0.714. The number of aliphatic hydroxyl groups excluding tert-OH is 1. The van der Waals surface area contributed by atoms with Gasteiger partial charge in [0.15, 0.2) is 0 Å². The van der Waals surface area contributed by atoms with E-state index in [4.69, 9.17) is 5.11 Å². The summed E-state index contributed by atoms with van der Waals surface area (Å²) in [5.74, 6) is -0.0382. The molecule has 0 atom stereocenters. The largest absolute Gasteiger partial charge is 0.395 e. The molecule has 0 radical (unpaired) electrons. The van der Waals surface area contributed by atoms with Gasteiger partial charge in [-0.1, -0.05) is 0 Å². The van der Waals surface area contributed by atoms with Crippen molar-refractivity contribution in [2.24, 2.45) is 0 Å². The van der Waals surface area contributed by atoms with Crippen molar-refractivity contribution in [1.82, 2.24) is 9.88 Å². The Morgan fingerprint density at radius 1 is 1.53 bits per heavy atom. The zero-order valence-corrected chi connectivity index (χ0v) is 11.1. The molecule has 5 heteroatoms. The summed E-state index contributed by atoms with van der Waals surface area (Å²) in [6.07, 6.45) is 4.80. The van der Waals surface area contributed by atoms with Crippen molar-refractivity contribution in [3.8, 4) is 0 Å². The van der Waals surface area contributed by atoms with E-state index in [0.717, 1.165) is 12.8 Å². The Balaban J connectivity index is 2.12. The average Bonchev–Trinajstić information content (AvgIpc) is 2.26. The lowest BCUT2D eigenvalue weighted by molar-refractivity contribution is 0.0525. The third-order valence-corrected chi connectivity index (χ3v) is 3.56. The summed E-state index contributed by atoms with van der Waals surface area (Å²) in [6.45, 7) is 0.408. The fourth-order valence-corrected chi connectivity index (χ4v) is 2.16. The minimum atomic E-state index is -0.0382. The van der Waals surface area contributed by atoms with Crippen LogP contribution in [0.4, 0.5) is 0 Å². The quantitative estimate of drug-likeness (QED) is 0.863. The van der Waals surface area contributed by atoms with Gasteiger partial charge in [0.2, 0.25) is 0 Å². The number of pyridine rings is 1. The molecule has 1 aliphatic carbocycles. The Bertz CT molecular complexity index is 390. The number of amides is 1. The van der Waals surface area contributed by atoms with E-state index >= 15 is 0 Å². The monoisotopic (exact) mass is 298 g/mol. The van der Waals surface area contributed by atoms with E-state index in [-0.39, 0.29) is 12.5 Å². The van der Waals surface area contributed by atoms with Crippen LogP contribution in [-0.2, 0) is 0 Å². The third-order valence-electron chi connectivity index (χ3n) is 3.09. The van der Waals surface area contributed by atoms with Crippen LogP contribution in [0.2, 0.25) is 0 Å². The first kappa shape index (κ1) is 12.5. The SMILES string of the molecule is O=C(c1ccc(Br)nc1)N(CCO)C1CCC1. The van der Waals surface area contributed by atoms with Gasteiger partial charge in [0.1, 0.15) is 4.60 Å². The first-order valence-corrected chi connectivity index (χ1v) is 6.55. The zero-order chi connectivity index (χ0) is 12.3. The maximum absolute atomic E-state index is 12.2. The van der Waals surface area contributed by atoms with Crippen molar-refractivity contribution < 1.29 is 9.90 Å². The highest BCUT2D eigenvalue weighted by molar-refractivity contribution is 9.10. The van der Waals surface area contributed by atoms with Crippen molar-refractivity contribution >= 4 is 21.8 Å². The molecule has 1 N–H and O–H groups in total. The minimum Gasteiger partial charge on any atom is -0.395 e. The third kappa shape index (κ3) is 2.84. The van der Waals surface area contributed by atoms with Crippen LogP contribution in [0.25, 0.3) is 0 Å². The van der Waals surface area contributed by atoms with Crippen molar-refractivity contribution in [1.29, 1.82) is 0 Å². The molecule has 0 unspecified atom stereocenters. The van der Waals surface area contributed by atoms with Gasteiger partial charge >= 0.3 is 0 Å². The number of halogens is 1. The maximum atomic E-state index is 12.2. The van der Waals surface area contributed by atoms with Crippen molar-refractivity contribution in [2.45, 2.75) is 25.3 Å². The summed E-state index contributed by atoms with van der Waals surface area (Å²) in [5.41, 5.74) is 0.577. The minimum absolute atomic E-state index is 0.00615. The van der Waals surface area contributed by atoms with Crippen LogP contribution in [0.1, 0.15) is 29.6 Å². The molecule has 1 aromatic rings. The van der Waals surface area contributed by atoms with Gasteiger partial charge in [-0.2, -0.15) is 0 Å². The molecule has 0 aliphatic heterocycles. The van der Waals surface area contributed by atoms with Crippen LogP contribution in [0.5, 0.6) is 0 Å². The normalized spacial score (nSPS) is 15.4. The number of carbonyl (C=O) groups excluding carboxylic acids is 1. The topological polar surface area (TPSA) is 53.4 Å². The Hall–Kier alpha value is -0.940. The van der Waals surface area contributed by atoms with Crippen LogP contribution in [0, 0.1) is 0 Å². The van der Waals surface area contributed by atoms with Gasteiger partial charge in [-0.05, 0) is 47.3 Å². The molecule has 1 amide bonds. The first-order valence-electron chi connectivity index (χ1n) is 5.76. The molecule has 0 aromatic carbocycles. The van der Waals surface area contributed by atoms with Gasteiger partial charge in [-0.15, -0.1) is 0 Å². The van der Waals surface area contributed by atoms with Gasteiger partial charge < -0.3 is 10.0 Å². The van der Waals surface area contributed by atoms with Gasteiger partial charge in [-0.3, -0.25) is 4.79 Å².